The Hall–Kier alpha value is -0.0800. The summed E-state index contributed by atoms with van der Waals surface area (Å²) in [6, 6.07) is 0.798. The van der Waals surface area contributed by atoms with Crippen molar-refractivity contribution >= 4 is 0 Å². The zero-order chi connectivity index (χ0) is 14.1. The number of nitrogens with zero attached hydrogens (tertiary/aromatic N) is 1. The summed E-state index contributed by atoms with van der Waals surface area (Å²) in [4.78, 5) is 2.85. The Bertz CT molecular complexity index is 336. The van der Waals surface area contributed by atoms with E-state index in [-0.39, 0.29) is 0 Å². The number of hydrogen-bond acceptors (Lipinski definition) is 2. The molecule has 0 amide bonds. The second-order valence-corrected chi connectivity index (χ2v) is 8.51. The fraction of sp³-hybridized carbons (Fsp3) is 1.00. The van der Waals surface area contributed by atoms with Crippen molar-refractivity contribution in [2.75, 3.05) is 26.2 Å². The van der Waals surface area contributed by atoms with Crippen LogP contribution in [-0.4, -0.2) is 37.1 Å². The molecule has 0 aromatic heterocycles. The van der Waals surface area contributed by atoms with Crippen LogP contribution in [-0.2, 0) is 0 Å². The molecule has 2 nitrogen and oxygen atoms in total. The second-order valence-electron chi connectivity index (χ2n) is 8.51. The van der Waals surface area contributed by atoms with E-state index in [1.54, 1.807) is 25.7 Å². The first-order valence-corrected chi connectivity index (χ1v) is 9.84. The predicted molar refractivity (Wildman–Crippen MR) is 88.4 cm³/mol. The summed E-state index contributed by atoms with van der Waals surface area (Å²) in [5, 5.41) is 3.90. The van der Waals surface area contributed by atoms with E-state index in [4.69, 9.17) is 0 Å². The molecule has 1 heterocycles. The van der Waals surface area contributed by atoms with Crippen molar-refractivity contribution in [2.45, 2.75) is 70.3 Å². The molecule has 120 valence electrons. The summed E-state index contributed by atoms with van der Waals surface area (Å²) in [6.07, 6.45) is 15.0. The first-order chi connectivity index (χ1) is 10.4. The summed E-state index contributed by atoms with van der Waals surface area (Å²) < 4.78 is 0. The Kier molecular flexibility index (Phi) is 4.55. The first kappa shape index (κ1) is 14.5. The van der Waals surface area contributed by atoms with Crippen molar-refractivity contribution < 1.29 is 0 Å². The lowest BCUT2D eigenvalue weighted by atomic mass is 9.83. The van der Waals surface area contributed by atoms with Crippen molar-refractivity contribution in [3.63, 3.8) is 0 Å². The van der Waals surface area contributed by atoms with Crippen LogP contribution < -0.4 is 5.32 Å². The van der Waals surface area contributed by atoms with E-state index in [9.17, 15) is 0 Å². The van der Waals surface area contributed by atoms with Crippen LogP contribution in [0, 0.1) is 23.7 Å². The maximum atomic E-state index is 3.90. The van der Waals surface area contributed by atoms with Crippen LogP contribution in [0.5, 0.6) is 0 Å². The van der Waals surface area contributed by atoms with Crippen molar-refractivity contribution in [3.8, 4) is 0 Å². The zero-order valence-corrected chi connectivity index (χ0v) is 13.7. The molecule has 0 aromatic rings. The van der Waals surface area contributed by atoms with Gasteiger partial charge < -0.3 is 10.2 Å². The zero-order valence-electron chi connectivity index (χ0n) is 13.7. The molecule has 0 radical (unpaired) electrons. The van der Waals surface area contributed by atoms with Gasteiger partial charge in [0.2, 0.25) is 0 Å². The van der Waals surface area contributed by atoms with E-state index in [1.807, 2.05) is 0 Å². The van der Waals surface area contributed by atoms with Gasteiger partial charge in [-0.15, -0.1) is 0 Å². The second kappa shape index (κ2) is 6.58. The smallest absolute Gasteiger partial charge is 0.0223 e. The van der Waals surface area contributed by atoms with Crippen LogP contribution in [0.3, 0.4) is 0 Å². The molecule has 2 heteroatoms. The molecule has 1 N–H and O–H groups in total. The SMILES string of the molecule is C1CCC(C2CN(CC3CC4CCC3C4)CCCN2)CC1. The molecule has 4 fully saturated rings. The number of fused-ring (bicyclic) bond motifs is 2. The molecule has 1 aliphatic heterocycles. The topological polar surface area (TPSA) is 15.3 Å². The standard InChI is InChI=1S/C19H34N2/c1-2-5-16(6-3-1)19-14-21(10-4-9-20-19)13-18-12-15-7-8-17(18)11-15/h15-20H,1-14H2. The minimum absolute atomic E-state index is 0.798. The maximum absolute atomic E-state index is 3.90. The van der Waals surface area contributed by atoms with Crippen LogP contribution in [0.25, 0.3) is 0 Å². The third kappa shape index (κ3) is 3.32. The van der Waals surface area contributed by atoms with Gasteiger partial charge in [0.15, 0.2) is 0 Å². The Morgan fingerprint density at radius 1 is 0.857 bits per heavy atom. The molecule has 0 aromatic carbocycles. The molecule has 3 aliphatic carbocycles. The summed E-state index contributed by atoms with van der Waals surface area (Å²) >= 11 is 0. The summed E-state index contributed by atoms with van der Waals surface area (Å²) in [5.74, 6) is 4.23. The highest BCUT2D eigenvalue weighted by Crippen LogP contribution is 2.48. The van der Waals surface area contributed by atoms with Gasteiger partial charge in [0.1, 0.15) is 0 Å². The van der Waals surface area contributed by atoms with Crippen LogP contribution in [0.4, 0.5) is 0 Å². The molecular formula is C19H34N2. The monoisotopic (exact) mass is 290 g/mol. The molecule has 4 rings (SSSR count). The van der Waals surface area contributed by atoms with Gasteiger partial charge in [0, 0.05) is 19.1 Å². The highest BCUT2D eigenvalue weighted by atomic mass is 15.2. The molecule has 1 saturated heterocycles. The molecule has 4 atom stereocenters. The third-order valence-corrected chi connectivity index (χ3v) is 7.11. The summed E-state index contributed by atoms with van der Waals surface area (Å²) in [7, 11) is 0. The Balaban J connectivity index is 1.33. The van der Waals surface area contributed by atoms with Crippen LogP contribution >= 0.6 is 0 Å². The lowest BCUT2D eigenvalue weighted by Crippen LogP contribution is -2.45. The number of nitrogens with one attached hydrogen (secondary N) is 1. The van der Waals surface area contributed by atoms with Gasteiger partial charge in [0.05, 0.1) is 0 Å². The van der Waals surface area contributed by atoms with Crippen molar-refractivity contribution in [2.24, 2.45) is 23.7 Å². The average Bonchev–Trinajstić information content (AvgIpc) is 3.06. The van der Waals surface area contributed by atoms with Crippen LogP contribution in [0.1, 0.15) is 64.2 Å². The van der Waals surface area contributed by atoms with Crippen LogP contribution in [0.15, 0.2) is 0 Å². The maximum Gasteiger partial charge on any atom is 0.0223 e. The van der Waals surface area contributed by atoms with E-state index in [1.165, 1.54) is 64.7 Å². The van der Waals surface area contributed by atoms with E-state index < -0.39 is 0 Å². The minimum Gasteiger partial charge on any atom is -0.312 e. The largest absolute Gasteiger partial charge is 0.312 e. The van der Waals surface area contributed by atoms with Gasteiger partial charge in [-0.3, -0.25) is 0 Å². The first-order valence-electron chi connectivity index (χ1n) is 9.84. The Labute approximate surface area is 131 Å². The fourth-order valence-corrected chi connectivity index (χ4v) is 5.97. The molecule has 3 saturated carbocycles. The highest BCUT2D eigenvalue weighted by Gasteiger charge is 2.40. The molecular weight excluding hydrogens is 256 g/mol. The van der Waals surface area contributed by atoms with Gasteiger partial charge in [-0.2, -0.15) is 0 Å². The van der Waals surface area contributed by atoms with Crippen molar-refractivity contribution in [3.05, 3.63) is 0 Å². The summed E-state index contributed by atoms with van der Waals surface area (Å²) in [6.45, 7) is 5.38. The predicted octanol–water partition coefficient (Wildman–Crippen LogP) is 3.67. The third-order valence-electron chi connectivity index (χ3n) is 7.11. The van der Waals surface area contributed by atoms with Crippen molar-refractivity contribution in [1.29, 1.82) is 0 Å². The normalized spacial score (nSPS) is 42.3. The Morgan fingerprint density at radius 2 is 1.76 bits per heavy atom. The Morgan fingerprint density at radius 3 is 2.52 bits per heavy atom. The molecule has 0 spiro atoms. The molecule has 21 heavy (non-hydrogen) atoms. The lowest BCUT2D eigenvalue weighted by molar-refractivity contribution is 0.163. The molecule has 4 aliphatic rings. The summed E-state index contributed by atoms with van der Waals surface area (Å²) in [5.41, 5.74) is 0. The average molecular weight is 290 g/mol. The van der Waals surface area contributed by atoms with Gasteiger partial charge in [-0.25, -0.2) is 0 Å². The van der Waals surface area contributed by atoms with Crippen molar-refractivity contribution in [1.82, 2.24) is 10.2 Å². The van der Waals surface area contributed by atoms with E-state index in [2.05, 4.69) is 10.2 Å². The van der Waals surface area contributed by atoms with Gasteiger partial charge in [0.25, 0.3) is 0 Å². The fourth-order valence-electron chi connectivity index (χ4n) is 5.97. The highest BCUT2D eigenvalue weighted by molar-refractivity contribution is 4.92. The molecule has 2 bridgehead atoms. The molecule has 4 unspecified atom stereocenters. The lowest BCUT2D eigenvalue weighted by Gasteiger charge is -2.35. The quantitative estimate of drug-likeness (QED) is 0.853. The van der Waals surface area contributed by atoms with Gasteiger partial charge >= 0.3 is 0 Å². The van der Waals surface area contributed by atoms with Gasteiger partial charge in [-0.1, -0.05) is 25.7 Å². The van der Waals surface area contributed by atoms with E-state index in [0.717, 1.165) is 29.7 Å². The van der Waals surface area contributed by atoms with E-state index in [0.29, 0.717) is 0 Å². The minimum atomic E-state index is 0.798. The van der Waals surface area contributed by atoms with Crippen LogP contribution in [0.2, 0.25) is 0 Å². The number of rotatable bonds is 3. The van der Waals surface area contributed by atoms with E-state index >= 15 is 0 Å². The van der Waals surface area contributed by atoms with Gasteiger partial charge in [-0.05, 0) is 75.3 Å². The number of hydrogen-bond donors (Lipinski definition) is 1.